The second-order valence-corrected chi connectivity index (χ2v) is 6.37. The van der Waals surface area contributed by atoms with E-state index in [0.29, 0.717) is 35.7 Å². The van der Waals surface area contributed by atoms with Crippen LogP contribution in [0.15, 0.2) is 12.1 Å². The number of anilines is 1. The Balaban J connectivity index is 2.36. The van der Waals surface area contributed by atoms with Gasteiger partial charge in [0.15, 0.2) is 0 Å². The number of rotatable bonds is 2. The minimum absolute atomic E-state index is 0.296. The number of benzene rings is 1. The zero-order valence-corrected chi connectivity index (χ0v) is 11.5. The van der Waals surface area contributed by atoms with Crippen LogP contribution in [-0.2, 0) is 10.8 Å². The summed E-state index contributed by atoms with van der Waals surface area (Å²) < 4.78 is 24.9. The van der Waals surface area contributed by atoms with Gasteiger partial charge in [0.1, 0.15) is 5.82 Å². The molecule has 5 heteroatoms. The molecule has 1 unspecified atom stereocenters. The Morgan fingerprint density at radius 3 is 2.56 bits per heavy atom. The fraction of sp³-hybridized carbons (Fsp3) is 0.538. The van der Waals surface area contributed by atoms with E-state index in [1.54, 1.807) is 19.9 Å². The molecule has 1 aromatic carbocycles. The zero-order chi connectivity index (χ0) is 13.3. The molecule has 1 aromatic rings. The fourth-order valence-corrected chi connectivity index (χ4v) is 3.22. The predicted molar refractivity (Wildman–Crippen MR) is 71.9 cm³/mol. The van der Waals surface area contributed by atoms with Crippen molar-refractivity contribution in [2.75, 3.05) is 29.5 Å². The molecule has 0 radical (unpaired) electrons. The maximum Gasteiger partial charge on any atom is 0.126 e. The van der Waals surface area contributed by atoms with Crippen LogP contribution in [0, 0.1) is 12.7 Å². The summed E-state index contributed by atoms with van der Waals surface area (Å²) in [7, 11) is -0.740. The Bertz CT molecular complexity index is 466. The topological polar surface area (TPSA) is 40.5 Å². The first kappa shape index (κ1) is 13.5. The van der Waals surface area contributed by atoms with Crippen LogP contribution in [0.25, 0.3) is 0 Å². The lowest BCUT2D eigenvalue weighted by Gasteiger charge is -2.31. The highest BCUT2D eigenvalue weighted by Crippen LogP contribution is 2.30. The van der Waals surface area contributed by atoms with E-state index in [1.807, 2.05) is 0 Å². The minimum Gasteiger partial charge on any atom is -0.389 e. The van der Waals surface area contributed by atoms with E-state index in [-0.39, 0.29) is 5.82 Å². The predicted octanol–water partition coefficient (Wildman–Crippen LogP) is 1.76. The third kappa shape index (κ3) is 2.72. The number of halogens is 1. The third-order valence-corrected chi connectivity index (χ3v) is 4.55. The van der Waals surface area contributed by atoms with Crippen LogP contribution >= 0.6 is 0 Å². The van der Waals surface area contributed by atoms with Crippen LogP contribution in [0.1, 0.15) is 24.2 Å². The lowest BCUT2D eigenvalue weighted by Crippen LogP contribution is -2.38. The third-order valence-electron chi connectivity index (χ3n) is 3.28. The number of aliphatic hydroxyl groups is 1. The van der Waals surface area contributed by atoms with Gasteiger partial charge in [0.05, 0.1) is 6.10 Å². The first-order chi connectivity index (χ1) is 8.49. The number of hydrogen-bond donors (Lipinski definition) is 1. The molecule has 0 bridgehead atoms. The van der Waals surface area contributed by atoms with E-state index in [9.17, 15) is 13.7 Å². The molecule has 3 nitrogen and oxygen atoms in total. The highest BCUT2D eigenvalue weighted by atomic mass is 32.2. The molecular formula is C13H18FNO2S. The first-order valence-corrected chi connectivity index (χ1v) is 7.56. The van der Waals surface area contributed by atoms with Gasteiger partial charge < -0.3 is 10.0 Å². The Morgan fingerprint density at radius 1 is 1.39 bits per heavy atom. The van der Waals surface area contributed by atoms with Gasteiger partial charge in [-0.25, -0.2) is 4.39 Å². The van der Waals surface area contributed by atoms with Crippen molar-refractivity contribution in [3.8, 4) is 0 Å². The monoisotopic (exact) mass is 271 g/mol. The summed E-state index contributed by atoms with van der Waals surface area (Å²) in [5.74, 6) is 0.973. The van der Waals surface area contributed by atoms with Gasteiger partial charge in [0, 0.05) is 46.6 Å². The van der Waals surface area contributed by atoms with Crippen LogP contribution in [0.3, 0.4) is 0 Å². The van der Waals surface area contributed by atoms with Crippen molar-refractivity contribution in [3.63, 3.8) is 0 Å². The summed E-state index contributed by atoms with van der Waals surface area (Å²) in [6, 6.07) is 3.17. The summed E-state index contributed by atoms with van der Waals surface area (Å²) >= 11 is 0. The van der Waals surface area contributed by atoms with Crippen LogP contribution in [0.5, 0.6) is 0 Å². The van der Waals surface area contributed by atoms with Gasteiger partial charge in [0.2, 0.25) is 0 Å². The van der Waals surface area contributed by atoms with Crippen LogP contribution < -0.4 is 4.90 Å². The highest BCUT2D eigenvalue weighted by molar-refractivity contribution is 7.85. The fourth-order valence-electron chi connectivity index (χ4n) is 2.17. The number of nitrogens with zero attached hydrogens (tertiary/aromatic N) is 1. The van der Waals surface area contributed by atoms with E-state index >= 15 is 0 Å². The second kappa shape index (κ2) is 5.36. The second-order valence-electron chi connectivity index (χ2n) is 4.67. The van der Waals surface area contributed by atoms with Crippen molar-refractivity contribution in [1.82, 2.24) is 0 Å². The molecule has 0 spiro atoms. The van der Waals surface area contributed by atoms with Crippen molar-refractivity contribution >= 4 is 16.5 Å². The van der Waals surface area contributed by atoms with Gasteiger partial charge >= 0.3 is 0 Å². The summed E-state index contributed by atoms with van der Waals surface area (Å²) in [5.41, 5.74) is 2.03. The van der Waals surface area contributed by atoms with E-state index in [4.69, 9.17) is 0 Å². The molecule has 100 valence electrons. The van der Waals surface area contributed by atoms with Gasteiger partial charge in [-0.3, -0.25) is 4.21 Å². The average molecular weight is 271 g/mol. The van der Waals surface area contributed by atoms with Gasteiger partial charge in [-0.05, 0) is 31.5 Å². The van der Waals surface area contributed by atoms with E-state index < -0.39 is 16.9 Å². The van der Waals surface area contributed by atoms with Crippen molar-refractivity contribution in [2.45, 2.75) is 20.0 Å². The number of aliphatic hydroxyl groups excluding tert-OH is 1. The van der Waals surface area contributed by atoms with E-state index in [1.165, 1.54) is 6.07 Å². The summed E-state index contributed by atoms with van der Waals surface area (Å²) in [5, 5.41) is 9.75. The Labute approximate surface area is 109 Å². The quantitative estimate of drug-likeness (QED) is 0.891. The maximum atomic E-state index is 13.6. The molecule has 1 aliphatic heterocycles. The van der Waals surface area contributed by atoms with Crippen molar-refractivity contribution in [3.05, 3.63) is 29.1 Å². The first-order valence-electron chi connectivity index (χ1n) is 6.07. The molecule has 1 heterocycles. The lowest BCUT2D eigenvalue weighted by molar-refractivity contribution is 0.199. The van der Waals surface area contributed by atoms with Crippen LogP contribution in [-0.4, -0.2) is 33.9 Å². The molecule has 0 amide bonds. The molecule has 1 aliphatic rings. The van der Waals surface area contributed by atoms with Crippen molar-refractivity contribution in [1.29, 1.82) is 0 Å². The van der Waals surface area contributed by atoms with Gasteiger partial charge in [-0.2, -0.15) is 0 Å². The van der Waals surface area contributed by atoms with Gasteiger partial charge in [-0.15, -0.1) is 0 Å². The summed E-state index contributed by atoms with van der Waals surface area (Å²) in [6.45, 7) is 4.73. The van der Waals surface area contributed by atoms with E-state index in [2.05, 4.69) is 4.90 Å². The van der Waals surface area contributed by atoms with Gasteiger partial charge in [0.25, 0.3) is 0 Å². The van der Waals surface area contributed by atoms with E-state index in [0.717, 1.165) is 5.69 Å². The van der Waals surface area contributed by atoms with Crippen molar-refractivity contribution < 1.29 is 13.7 Å². The molecule has 1 saturated heterocycles. The smallest absolute Gasteiger partial charge is 0.126 e. The Kier molecular flexibility index (Phi) is 4.02. The van der Waals surface area contributed by atoms with Gasteiger partial charge in [-0.1, -0.05) is 0 Å². The normalized spacial score (nSPS) is 19.0. The Hall–Kier alpha value is -0.940. The number of aryl methyl sites for hydroxylation is 1. The van der Waals surface area contributed by atoms with Crippen LogP contribution in [0.4, 0.5) is 10.1 Å². The molecule has 1 fully saturated rings. The lowest BCUT2D eigenvalue weighted by atomic mass is 10.0. The van der Waals surface area contributed by atoms with Crippen LogP contribution in [0.2, 0.25) is 0 Å². The standard InChI is InChI=1S/C13H18FNO2S/c1-9-7-13(11(10(2)16)8-12(9)14)15-3-5-18(17)6-4-15/h7-8,10,16H,3-6H2,1-2H3. The summed E-state index contributed by atoms with van der Waals surface area (Å²) in [6.07, 6.45) is -0.706. The molecular weight excluding hydrogens is 253 g/mol. The Morgan fingerprint density at radius 2 is 2.00 bits per heavy atom. The molecule has 2 rings (SSSR count). The highest BCUT2D eigenvalue weighted by Gasteiger charge is 2.21. The zero-order valence-electron chi connectivity index (χ0n) is 10.6. The summed E-state index contributed by atoms with van der Waals surface area (Å²) in [4.78, 5) is 2.08. The molecule has 0 aromatic heterocycles. The molecule has 1 N–H and O–H groups in total. The van der Waals surface area contributed by atoms with Crippen molar-refractivity contribution in [2.24, 2.45) is 0 Å². The molecule has 18 heavy (non-hydrogen) atoms. The minimum atomic E-state index is -0.740. The SMILES string of the molecule is Cc1cc(N2CCS(=O)CC2)c(C(C)O)cc1F. The average Bonchev–Trinajstić information content (AvgIpc) is 2.33. The maximum absolute atomic E-state index is 13.6. The molecule has 0 saturated carbocycles. The molecule has 1 atom stereocenters. The largest absolute Gasteiger partial charge is 0.389 e. The molecule has 0 aliphatic carbocycles. The number of hydrogen-bond acceptors (Lipinski definition) is 3.